The SMILES string of the molecule is Cc1c(-c2ccc(-c3nc4ccccc4o3)cc2)ccn(C(=O)O)c1=O. The molecule has 0 aliphatic carbocycles. The molecule has 0 bridgehead atoms. The third kappa shape index (κ3) is 2.57. The third-order valence-electron chi connectivity index (χ3n) is 4.28. The molecule has 6 heteroatoms. The van der Waals surface area contributed by atoms with Crippen LogP contribution in [0.2, 0.25) is 0 Å². The molecule has 2 aromatic heterocycles. The molecule has 1 N–H and O–H groups in total. The predicted molar refractivity (Wildman–Crippen MR) is 97.3 cm³/mol. The second-order valence-electron chi connectivity index (χ2n) is 5.88. The fraction of sp³-hybridized carbons (Fsp3) is 0.0500. The van der Waals surface area contributed by atoms with Crippen LogP contribution in [0.15, 0.2) is 70.0 Å². The number of nitrogens with zero attached hydrogens (tertiary/aromatic N) is 2. The van der Waals surface area contributed by atoms with Crippen LogP contribution in [-0.2, 0) is 0 Å². The summed E-state index contributed by atoms with van der Waals surface area (Å²) in [7, 11) is 0. The maximum atomic E-state index is 12.1. The minimum atomic E-state index is -1.30. The number of rotatable bonds is 2. The van der Waals surface area contributed by atoms with Crippen LogP contribution in [0, 0.1) is 6.92 Å². The maximum absolute atomic E-state index is 12.1. The molecule has 6 nitrogen and oxygen atoms in total. The molecule has 0 saturated carbocycles. The van der Waals surface area contributed by atoms with Gasteiger partial charge in [-0.15, -0.1) is 0 Å². The Kier molecular flexibility index (Phi) is 3.65. The highest BCUT2D eigenvalue weighted by molar-refractivity contribution is 5.77. The Morgan fingerprint density at radius 1 is 1.04 bits per heavy atom. The second-order valence-corrected chi connectivity index (χ2v) is 5.88. The Hall–Kier alpha value is -3.67. The molecule has 0 fully saturated rings. The number of hydrogen-bond donors (Lipinski definition) is 1. The summed E-state index contributed by atoms with van der Waals surface area (Å²) in [6.07, 6.45) is -0.0298. The van der Waals surface area contributed by atoms with Crippen molar-refractivity contribution in [2.24, 2.45) is 0 Å². The van der Waals surface area contributed by atoms with Crippen LogP contribution in [0.1, 0.15) is 5.56 Å². The number of carbonyl (C=O) groups is 1. The van der Waals surface area contributed by atoms with Gasteiger partial charge in [0.15, 0.2) is 5.58 Å². The molecule has 0 saturated heterocycles. The molecule has 4 aromatic rings. The number of para-hydroxylation sites is 2. The van der Waals surface area contributed by atoms with E-state index in [1.807, 2.05) is 48.5 Å². The first kappa shape index (κ1) is 15.8. The minimum Gasteiger partial charge on any atom is -0.464 e. The monoisotopic (exact) mass is 346 g/mol. The largest absolute Gasteiger partial charge is 0.464 e. The summed E-state index contributed by atoms with van der Waals surface area (Å²) in [6, 6.07) is 16.6. The van der Waals surface area contributed by atoms with Crippen LogP contribution in [0.3, 0.4) is 0 Å². The molecule has 0 aliphatic rings. The van der Waals surface area contributed by atoms with E-state index in [-0.39, 0.29) is 0 Å². The molecular formula is C20H14N2O4. The number of hydrogen-bond acceptors (Lipinski definition) is 4. The van der Waals surface area contributed by atoms with Crippen molar-refractivity contribution >= 4 is 17.2 Å². The van der Waals surface area contributed by atoms with Gasteiger partial charge in [-0.1, -0.05) is 24.3 Å². The molecule has 4 rings (SSSR count). The van der Waals surface area contributed by atoms with Crippen molar-refractivity contribution in [3.63, 3.8) is 0 Å². The highest BCUT2D eigenvalue weighted by Crippen LogP contribution is 2.27. The number of aromatic nitrogens is 2. The zero-order valence-corrected chi connectivity index (χ0v) is 13.8. The van der Waals surface area contributed by atoms with E-state index in [1.54, 1.807) is 13.0 Å². The number of fused-ring (bicyclic) bond motifs is 1. The summed E-state index contributed by atoms with van der Waals surface area (Å²) in [5.41, 5.74) is 3.68. The van der Waals surface area contributed by atoms with Crippen molar-refractivity contribution in [3.05, 3.63) is 76.7 Å². The Bertz CT molecular complexity index is 1150. The second kappa shape index (κ2) is 6.00. The van der Waals surface area contributed by atoms with E-state index in [0.717, 1.165) is 22.2 Å². The number of pyridine rings is 1. The lowest BCUT2D eigenvalue weighted by atomic mass is 10.0. The molecule has 2 aromatic carbocycles. The Balaban J connectivity index is 1.73. The van der Waals surface area contributed by atoms with Crippen molar-refractivity contribution < 1.29 is 14.3 Å². The molecule has 0 aliphatic heterocycles. The first-order valence-corrected chi connectivity index (χ1v) is 7.96. The van der Waals surface area contributed by atoms with E-state index in [9.17, 15) is 9.59 Å². The van der Waals surface area contributed by atoms with E-state index < -0.39 is 11.7 Å². The third-order valence-corrected chi connectivity index (χ3v) is 4.28. The zero-order chi connectivity index (χ0) is 18.3. The summed E-state index contributed by atoms with van der Waals surface area (Å²) in [5, 5.41) is 9.02. The van der Waals surface area contributed by atoms with Gasteiger partial charge in [0.2, 0.25) is 5.89 Å². The summed E-state index contributed by atoms with van der Waals surface area (Å²) in [6.45, 7) is 1.62. The van der Waals surface area contributed by atoms with Gasteiger partial charge in [-0.2, -0.15) is 0 Å². The van der Waals surface area contributed by atoms with Crippen molar-refractivity contribution in [1.29, 1.82) is 0 Å². The number of oxazole rings is 1. The first-order chi connectivity index (χ1) is 12.5. The first-order valence-electron chi connectivity index (χ1n) is 7.96. The molecule has 128 valence electrons. The van der Waals surface area contributed by atoms with Crippen molar-refractivity contribution in [2.45, 2.75) is 6.92 Å². The van der Waals surface area contributed by atoms with Gasteiger partial charge < -0.3 is 9.52 Å². The molecule has 0 spiro atoms. The molecule has 0 radical (unpaired) electrons. The standard InChI is InChI=1S/C20H14N2O4/c1-12-15(10-11-22(19(12)23)20(24)25)13-6-8-14(9-7-13)18-21-16-4-2-3-5-17(16)26-18/h2-11H,1H3,(H,24,25). The van der Waals surface area contributed by atoms with Gasteiger partial charge in [0.25, 0.3) is 5.56 Å². The molecule has 0 unspecified atom stereocenters. The van der Waals surface area contributed by atoms with Crippen LogP contribution in [0.5, 0.6) is 0 Å². The van der Waals surface area contributed by atoms with Crippen LogP contribution in [0.4, 0.5) is 4.79 Å². The Morgan fingerprint density at radius 2 is 1.73 bits per heavy atom. The van der Waals surface area contributed by atoms with E-state index in [0.29, 0.717) is 21.6 Å². The summed E-state index contributed by atoms with van der Waals surface area (Å²) < 4.78 is 6.43. The van der Waals surface area contributed by atoms with Crippen molar-refractivity contribution in [3.8, 4) is 22.6 Å². The van der Waals surface area contributed by atoms with Gasteiger partial charge in [-0.05, 0) is 48.4 Å². The molecular weight excluding hydrogens is 332 g/mol. The maximum Gasteiger partial charge on any atom is 0.418 e. The highest BCUT2D eigenvalue weighted by atomic mass is 16.4. The van der Waals surface area contributed by atoms with E-state index in [2.05, 4.69) is 4.98 Å². The number of carboxylic acid groups (broad SMARTS) is 1. The molecule has 26 heavy (non-hydrogen) atoms. The molecule has 2 heterocycles. The van der Waals surface area contributed by atoms with Crippen LogP contribution < -0.4 is 5.56 Å². The van der Waals surface area contributed by atoms with E-state index in [4.69, 9.17) is 9.52 Å². The van der Waals surface area contributed by atoms with Gasteiger partial charge in [-0.25, -0.2) is 14.3 Å². The smallest absolute Gasteiger partial charge is 0.418 e. The molecule has 0 amide bonds. The van der Waals surface area contributed by atoms with E-state index >= 15 is 0 Å². The van der Waals surface area contributed by atoms with Crippen molar-refractivity contribution in [1.82, 2.24) is 9.55 Å². The van der Waals surface area contributed by atoms with Crippen molar-refractivity contribution in [2.75, 3.05) is 0 Å². The fourth-order valence-electron chi connectivity index (χ4n) is 2.89. The van der Waals surface area contributed by atoms with Crippen LogP contribution in [-0.4, -0.2) is 20.8 Å². The normalized spacial score (nSPS) is 11.0. The molecule has 0 atom stereocenters. The predicted octanol–water partition coefficient (Wildman–Crippen LogP) is 4.16. The highest BCUT2D eigenvalue weighted by Gasteiger charge is 2.12. The fourth-order valence-corrected chi connectivity index (χ4v) is 2.89. The van der Waals surface area contributed by atoms with Gasteiger partial charge in [0, 0.05) is 17.3 Å². The average Bonchev–Trinajstić information content (AvgIpc) is 3.08. The Morgan fingerprint density at radius 3 is 2.42 bits per heavy atom. The topological polar surface area (TPSA) is 85.3 Å². The number of benzene rings is 2. The Labute approximate surface area is 148 Å². The van der Waals surface area contributed by atoms with Gasteiger partial charge >= 0.3 is 6.09 Å². The van der Waals surface area contributed by atoms with Crippen LogP contribution in [0.25, 0.3) is 33.7 Å². The summed E-state index contributed by atoms with van der Waals surface area (Å²) >= 11 is 0. The summed E-state index contributed by atoms with van der Waals surface area (Å²) in [5.74, 6) is 0.524. The minimum absolute atomic E-state index is 0.379. The van der Waals surface area contributed by atoms with Gasteiger partial charge in [0.05, 0.1) is 0 Å². The van der Waals surface area contributed by atoms with Gasteiger partial charge in [0.1, 0.15) is 5.52 Å². The summed E-state index contributed by atoms with van der Waals surface area (Å²) in [4.78, 5) is 27.7. The lowest BCUT2D eigenvalue weighted by Gasteiger charge is -2.08. The van der Waals surface area contributed by atoms with Crippen LogP contribution >= 0.6 is 0 Å². The van der Waals surface area contributed by atoms with E-state index in [1.165, 1.54) is 6.20 Å². The zero-order valence-electron chi connectivity index (χ0n) is 13.8. The lowest BCUT2D eigenvalue weighted by molar-refractivity contribution is 0.195. The quantitative estimate of drug-likeness (QED) is 0.589. The average molecular weight is 346 g/mol. The lowest BCUT2D eigenvalue weighted by Crippen LogP contribution is -2.27. The van der Waals surface area contributed by atoms with Gasteiger partial charge in [-0.3, -0.25) is 4.79 Å².